The quantitative estimate of drug-likeness (QED) is 0.527. The number of carbonyl (C=O) groups is 1. The van der Waals surface area contributed by atoms with Gasteiger partial charge in [-0.25, -0.2) is 9.48 Å². The third kappa shape index (κ3) is 4.32. The molecule has 0 saturated carbocycles. The largest absolute Gasteiger partial charge is 0.457 e. The van der Waals surface area contributed by atoms with Gasteiger partial charge in [0, 0.05) is 49.8 Å². The highest BCUT2D eigenvalue weighted by atomic mass is 35.5. The smallest absolute Gasteiger partial charge is 0.338 e. The number of piperazine rings is 1. The highest BCUT2D eigenvalue weighted by Crippen LogP contribution is 2.37. The van der Waals surface area contributed by atoms with E-state index >= 15 is 0 Å². The van der Waals surface area contributed by atoms with Crippen LogP contribution in [0, 0.1) is 0 Å². The molecule has 0 aliphatic carbocycles. The molecule has 1 N–H and O–H groups in total. The van der Waals surface area contributed by atoms with Crippen molar-refractivity contribution in [1.29, 1.82) is 0 Å². The maximum Gasteiger partial charge on any atom is 0.338 e. The van der Waals surface area contributed by atoms with Gasteiger partial charge in [0.25, 0.3) is 0 Å². The van der Waals surface area contributed by atoms with Crippen LogP contribution in [0.25, 0.3) is 5.69 Å². The number of nitrogens with zero attached hydrogens (tertiary/aromatic N) is 6. The van der Waals surface area contributed by atoms with Gasteiger partial charge in [0.05, 0.1) is 29.0 Å². The zero-order valence-corrected chi connectivity index (χ0v) is 19.7. The number of ether oxygens (including phenoxy) is 2. The molecule has 3 atom stereocenters. The number of benzene rings is 2. The van der Waals surface area contributed by atoms with Gasteiger partial charge in [0.15, 0.2) is 0 Å². The predicted molar refractivity (Wildman–Crippen MR) is 125 cm³/mol. The van der Waals surface area contributed by atoms with E-state index in [1.807, 2.05) is 30.3 Å². The molecule has 0 amide bonds. The van der Waals surface area contributed by atoms with Crippen LogP contribution in [0.2, 0.25) is 5.02 Å². The highest BCUT2D eigenvalue weighted by Gasteiger charge is 2.37. The standard InChI is InChI=1S/C24H25ClN6O4/c25-23-19(6-5-18-20(23)13-35-24(18)33)21-11-29-7-8-30(10-17(29)12-34-21)22(32)9-15-1-3-16(4-2-15)31-14-26-27-28-31/h1-6,14,17,21-22,32H,7-13H2/t17-,21+,22?/m0/s1. The molecule has 0 spiro atoms. The molecule has 0 radical (unpaired) electrons. The molecule has 3 aliphatic heterocycles. The Morgan fingerprint density at radius 1 is 1.14 bits per heavy atom. The van der Waals surface area contributed by atoms with E-state index in [4.69, 9.17) is 21.1 Å². The summed E-state index contributed by atoms with van der Waals surface area (Å²) in [5.74, 6) is -0.323. The van der Waals surface area contributed by atoms with Gasteiger partial charge in [-0.05, 0) is 34.2 Å². The number of hydrogen-bond donors (Lipinski definition) is 1. The molecule has 2 saturated heterocycles. The molecule has 35 heavy (non-hydrogen) atoms. The maximum atomic E-state index is 11.8. The van der Waals surface area contributed by atoms with Gasteiger partial charge in [0.1, 0.15) is 19.2 Å². The average Bonchev–Trinajstić information content (AvgIpc) is 3.55. The number of hydrogen-bond acceptors (Lipinski definition) is 9. The number of aliphatic hydroxyl groups is 1. The molecule has 2 fully saturated rings. The third-order valence-electron chi connectivity index (χ3n) is 7.10. The van der Waals surface area contributed by atoms with Crippen LogP contribution in [0.15, 0.2) is 42.7 Å². The number of morpholine rings is 1. The fourth-order valence-electron chi connectivity index (χ4n) is 5.11. The Labute approximate surface area is 207 Å². The van der Waals surface area contributed by atoms with Gasteiger partial charge in [-0.2, -0.15) is 0 Å². The number of cyclic esters (lactones) is 1. The molecule has 2 aromatic carbocycles. The van der Waals surface area contributed by atoms with Crippen molar-refractivity contribution in [3.05, 3.63) is 70.0 Å². The molecule has 11 heteroatoms. The molecule has 182 valence electrons. The second kappa shape index (κ2) is 9.29. The number of rotatable bonds is 5. The minimum Gasteiger partial charge on any atom is -0.457 e. The minimum absolute atomic E-state index is 0.157. The van der Waals surface area contributed by atoms with E-state index in [-0.39, 0.29) is 24.7 Å². The SMILES string of the molecule is O=C1OCc2c1ccc([C@H]1CN3CCN(C(O)Cc4ccc(-n5cnnn5)cc4)C[C@H]3CO1)c2Cl. The number of fused-ring (bicyclic) bond motifs is 2. The lowest BCUT2D eigenvalue weighted by Crippen LogP contribution is -2.60. The number of aliphatic hydroxyl groups excluding tert-OH is 1. The van der Waals surface area contributed by atoms with Crippen molar-refractivity contribution in [2.24, 2.45) is 0 Å². The summed E-state index contributed by atoms with van der Waals surface area (Å²) >= 11 is 6.63. The molecular formula is C24H25ClN6O4. The van der Waals surface area contributed by atoms with Crippen LogP contribution in [0.1, 0.15) is 33.2 Å². The van der Waals surface area contributed by atoms with E-state index < -0.39 is 6.23 Å². The number of esters is 1. The summed E-state index contributed by atoms with van der Waals surface area (Å²) in [7, 11) is 0. The number of halogens is 1. The first kappa shape index (κ1) is 22.6. The third-order valence-corrected chi connectivity index (χ3v) is 7.55. The molecule has 1 aromatic heterocycles. The van der Waals surface area contributed by atoms with E-state index in [1.165, 1.54) is 0 Å². The Balaban J connectivity index is 1.06. The summed E-state index contributed by atoms with van der Waals surface area (Å²) < 4.78 is 12.9. The zero-order chi connectivity index (χ0) is 23.9. The van der Waals surface area contributed by atoms with Crippen molar-refractivity contribution in [2.75, 3.05) is 32.8 Å². The van der Waals surface area contributed by atoms with Crippen molar-refractivity contribution in [3.8, 4) is 5.69 Å². The van der Waals surface area contributed by atoms with E-state index in [9.17, 15) is 9.90 Å². The summed E-state index contributed by atoms with van der Waals surface area (Å²) in [5.41, 5.74) is 4.11. The van der Waals surface area contributed by atoms with Crippen molar-refractivity contribution in [3.63, 3.8) is 0 Å². The number of carbonyl (C=O) groups excluding carboxylic acids is 1. The molecule has 10 nitrogen and oxygen atoms in total. The fourth-order valence-corrected chi connectivity index (χ4v) is 5.45. The van der Waals surface area contributed by atoms with Crippen LogP contribution in [-0.4, -0.2) is 86.1 Å². The van der Waals surface area contributed by atoms with Crippen LogP contribution in [0.5, 0.6) is 0 Å². The van der Waals surface area contributed by atoms with Crippen LogP contribution < -0.4 is 0 Å². The van der Waals surface area contributed by atoms with Crippen molar-refractivity contribution < 1.29 is 19.4 Å². The molecule has 3 aromatic rings. The first-order valence-electron chi connectivity index (χ1n) is 11.7. The first-order chi connectivity index (χ1) is 17.1. The van der Waals surface area contributed by atoms with Gasteiger partial charge in [-0.15, -0.1) is 5.10 Å². The number of aromatic nitrogens is 4. The van der Waals surface area contributed by atoms with E-state index in [1.54, 1.807) is 17.1 Å². The Bertz CT molecular complexity index is 1220. The lowest BCUT2D eigenvalue weighted by molar-refractivity contribution is -0.116. The van der Waals surface area contributed by atoms with Gasteiger partial charge in [0.2, 0.25) is 0 Å². The summed E-state index contributed by atoms with van der Waals surface area (Å²) in [6.45, 7) is 3.83. The number of tetrazole rings is 1. The normalized spacial score (nSPS) is 23.5. The van der Waals surface area contributed by atoms with E-state index in [0.717, 1.165) is 48.6 Å². The lowest BCUT2D eigenvalue weighted by Gasteiger charge is -2.47. The molecule has 4 heterocycles. The molecule has 6 rings (SSSR count). The van der Waals surface area contributed by atoms with Crippen molar-refractivity contribution >= 4 is 17.6 Å². The van der Waals surface area contributed by atoms with E-state index in [0.29, 0.717) is 23.6 Å². The van der Waals surface area contributed by atoms with Gasteiger partial charge >= 0.3 is 5.97 Å². The van der Waals surface area contributed by atoms with E-state index in [2.05, 4.69) is 25.3 Å². The summed E-state index contributed by atoms with van der Waals surface area (Å²) in [5, 5.41) is 22.7. The summed E-state index contributed by atoms with van der Waals surface area (Å²) in [6, 6.07) is 11.7. The van der Waals surface area contributed by atoms with Gasteiger partial charge in [-0.1, -0.05) is 29.8 Å². The monoisotopic (exact) mass is 496 g/mol. The maximum absolute atomic E-state index is 11.8. The minimum atomic E-state index is -0.572. The second-order valence-electron chi connectivity index (χ2n) is 9.14. The average molecular weight is 497 g/mol. The molecule has 3 aliphatic rings. The highest BCUT2D eigenvalue weighted by molar-refractivity contribution is 6.32. The first-order valence-corrected chi connectivity index (χ1v) is 12.0. The fraction of sp³-hybridized carbons (Fsp3) is 0.417. The molecular weight excluding hydrogens is 472 g/mol. The Hall–Kier alpha value is -2.89. The predicted octanol–water partition coefficient (Wildman–Crippen LogP) is 1.60. The van der Waals surface area contributed by atoms with Crippen LogP contribution in [0.3, 0.4) is 0 Å². The second-order valence-corrected chi connectivity index (χ2v) is 9.52. The van der Waals surface area contributed by atoms with Crippen LogP contribution in [-0.2, 0) is 22.5 Å². The summed E-state index contributed by atoms with van der Waals surface area (Å²) in [6.07, 6.45) is 1.36. The Morgan fingerprint density at radius 3 is 2.80 bits per heavy atom. The van der Waals surface area contributed by atoms with Gasteiger partial charge in [-0.3, -0.25) is 9.80 Å². The topological polar surface area (TPSA) is 106 Å². The van der Waals surface area contributed by atoms with Gasteiger partial charge < -0.3 is 14.6 Å². The molecule has 1 unspecified atom stereocenters. The Morgan fingerprint density at radius 2 is 2.00 bits per heavy atom. The lowest BCUT2D eigenvalue weighted by atomic mass is 9.99. The molecule has 0 bridgehead atoms. The Kier molecular flexibility index (Phi) is 5.99. The van der Waals surface area contributed by atoms with Crippen LogP contribution >= 0.6 is 11.6 Å². The zero-order valence-electron chi connectivity index (χ0n) is 19.0. The van der Waals surface area contributed by atoms with Crippen molar-refractivity contribution in [2.45, 2.75) is 31.4 Å². The summed E-state index contributed by atoms with van der Waals surface area (Å²) in [4.78, 5) is 16.3. The van der Waals surface area contributed by atoms with Crippen LogP contribution in [0.4, 0.5) is 0 Å². The van der Waals surface area contributed by atoms with Crippen molar-refractivity contribution in [1.82, 2.24) is 30.0 Å².